The fourth-order valence-corrected chi connectivity index (χ4v) is 2.27. The van der Waals surface area contributed by atoms with Crippen molar-refractivity contribution in [2.75, 3.05) is 20.1 Å². The van der Waals surface area contributed by atoms with Crippen LogP contribution in [0.25, 0.3) is 0 Å². The molecule has 0 amide bonds. The number of benzene rings is 1. The summed E-state index contributed by atoms with van der Waals surface area (Å²) < 4.78 is 0. The summed E-state index contributed by atoms with van der Waals surface area (Å²) in [5, 5.41) is 9.27. The maximum atomic E-state index is 9.27. The van der Waals surface area contributed by atoms with Gasteiger partial charge in [-0.1, -0.05) is 29.3 Å². The normalized spacial score (nSPS) is 14.7. The average Bonchev–Trinajstić information content (AvgIpc) is 2.32. The van der Waals surface area contributed by atoms with E-state index in [1.807, 2.05) is 6.92 Å². The van der Waals surface area contributed by atoms with E-state index < -0.39 is 0 Å². The lowest BCUT2D eigenvalue weighted by Crippen LogP contribution is -2.26. The van der Waals surface area contributed by atoms with Gasteiger partial charge < -0.3 is 15.7 Å². The van der Waals surface area contributed by atoms with Crippen molar-refractivity contribution in [2.24, 2.45) is 5.73 Å². The zero-order chi connectivity index (χ0) is 14.4. The minimum Gasteiger partial charge on any atom is -0.393 e. The van der Waals surface area contributed by atoms with Crippen LogP contribution >= 0.6 is 0 Å². The Morgan fingerprint density at radius 3 is 2.16 bits per heavy atom. The third-order valence-corrected chi connectivity index (χ3v) is 3.42. The zero-order valence-electron chi connectivity index (χ0n) is 12.7. The molecule has 0 saturated heterocycles. The van der Waals surface area contributed by atoms with E-state index in [2.05, 4.69) is 44.0 Å². The Morgan fingerprint density at radius 1 is 1.11 bits per heavy atom. The van der Waals surface area contributed by atoms with E-state index >= 15 is 0 Å². The van der Waals surface area contributed by atoms with E-state index in [9.17, 15) is 5.11 Å². The summed E-state index contributed by atoms with van der Waals surface area (Å²) in [7, 11) is 2.08. The first-order chi connectivity index (χ1) is 8.88. The third kappa shape index (κ3) is 6.19. The standard InChI is InChI=1S/C16H28N2O/c1-12-9-13(2)11-15(10-12)16(17)6-8-18(4)7-5-14(3)19/h9-11,14,16,19H,5-8,17H2,1-4H3. The highest BCUT2D eigenvalue weighted by atomic mass is 16.3. The maximum absolute atomic E-state index is 9.27. The minimum atomic E-state index is -0.226. The van der Waals surface area contributed by atoms with Crippen LogP contribution in [0.5, 0.6) is 0 Å². The molecule has 0 bridgehead atoms. The van der Waals surface area contributed by atoms with Gasteiger partial charge in [-0.3, -0.25) is 0 Å². The van der Waals surface area contributed by atoms with Crippen LogP contribution in [0.2, 0.25) is 0 Å². The Hall–Kier alpha value is -0.900. The highest BCUT2D eigenvalue weighted by Gasteiger charge is 2.09. The van der Waals surface area contributed by atoms with Gasteiger partial charge in [0.2, 0.25) is 0 Å². The van der Waals surface area contributed by atoms with Crippen molar-refractivity contribution in [3.05, 3.63) is 34.9 Å². The SMILES string of the molecule is Cc1cc(C)cc(C(N)CCN(C)CCC(C)O)c1. The van der Waals surface area contributed by atoms with Crippen LogP contribution in [0.3, 0.4) is 0 Å². The van der Waals surface area contributed by atoms with E-state index in [4.69, 9.17) is 5.73 Å². The molecule has 1 aromatic rings. The fraction of sp³-hybridized carbons (Fsp3) is 0.625. The molecule has 2 unspecified atom stereocenters. The molecule has 3 N–H and O–H groups in total. The Labute approximate surface area is 117 Å². The van der Waals surface area contributed by atoms with Crippen LogP contribution in [0.4, 0.5) is 0 Å². The summed E-state index contributed by atoms with van der Waals surface area (Å²) in [5.41, 5.74) is 10.0. The fourth-order valence-electron chi connectivity index (χ4n) is 2.27. The molecule has 0 aliphatic rings. The molecule has 0 fully saturated rings. The summed E-state index contributed by atoms with van der Waals surface area (Å²) in [6, 6.07) is 6.61. The Kier molecular flexibility index (Phi) is 6.49. The molecule has 0 aliphatic heterocycles. The molecule has 0 aliphatic carbocycles. The lowest BCUT2D eigenvalue weighted by molar-refractivity contribution is 0.163. The van der Waals surface area contributed by atoms with E-state index in [1.54, 1.807) is 0 Å². The second kappa shape index (κ2) is 7.63. The first-order valence-corrected chi connectivity index (χ1v) is 7.09. The molecule has 3 heteroatoms. The molecule has 0 aromatic heterocycles. The lowest BCUT2D eigenvalue weighted by atomic mass is 10.00. The number of rotatable bonds is 7. The van der Waals surface area contributed by atoms with Gasteiger partial charge in [0.05, 0.1) is 6.10 Å². The molecular formula is C16H28N2O. The van der Waals surface area contributed by atoms with Crippen LogP contribution in [0.1, 0.15) is 42.5 Å². The quantitative estimate of drug-likeness (QED) is 0.795. The summed E-state index contributed by atoms with van der Waals surface area (Å²) in [6.07, 6.45) is 1.53. The van der Waals surface area contributed by atoms with E-state index in [0.717, 1.165) is 25.9 Å². The Bertz CT molecular complexity index is 370. The molecule has 0 heterocycles. The second-order valence-corrected chi connectivity index (χ2v) is 5.76. The summed E-state index contributed by atoms with van der Waals surface area (Å²) in [6.45, 7) is 7.92. The Balaban J connectivity index is 2.44. The molecule has 19 heavy (non-hydrogen) atoms. The number of hydrogen-bond acceptors (Lipinski definition) is 3. The van der Waals surface area contributed by atoms with Crippen LogP contribution in [-0.4, -0.2) is 36.2 Å². The van der Waals surface area contributed by atoms with E-state index in [0.29, 0.717) is 0 Å². The molecule has 1 rings (SSSR count). The van der Waals surface area contributed by atoms with Crippen molar-refractivity contribution in [3.63, 3.8) is 0 Å². The van der Waals surface area contributed by atoms with Crippen LogP contribution < -0.4 is 5.73 Å². The van der Waals surface area contributed by atoms with E-state index in [1.165, 1.54) is 16.7 Å². The number of nitrogens with zero attached hydrogens (tertiary/aromatic N) is 1. The van der Waals surface area contributed by atoms with Gasteiger partial charge in [-0.2, -0.15) is 0 Å². The number of aliphatic hydroxyl groups excluding tert-OH is 1. The molecule has 1 aromatic carbocycles. The van der Waals surface area contributed by atoms with Crippen molar-refractivity contribution < 1.29 is 5.11 Å². The first-order valence-electron chi connectivity index (χ1n) is 7.09. The summed E-state index contributed by atoms with van der Waals surface area (Å²) in [5.74, 6) is 0. The van der Waals surface area contributed by atoms with Crippen molar-refractivity contribution in [2.45, 2.75) is 45.8 Å². The maximum Gasteiger partial charge on any atom is 0.0524 e. The lowest BCUT2D eigenvalue weighted by Gasteiger charge is -2.20. The molecule has 3 nitrogen and oxygen atoms in total. The van der Waals surface area contributed by atoms with Crippen molar-refractivity contribution in [1.82, 2.24) is 4.90 Å². The van der Waals surface area contributed by atoms with Gasteiger partial charge in [-0.05, 0) is 52.8 Å². The summed E-state index contributed by atoms with van der Waals surface area (Å²) >= 11 is 0. The largest absolute Gasteiger partial charge is 0.393 e. The molecule has 2 atom stereocenters. The minimum absolute atomic E-state index is 0.0904. The monoisotopic (exact) mass is 264 g/mol. The van der Waals surface area contributed by atoms with Gasteiger partial charge in [-0.15, -0.1) is 0 Å². The predicted octanol–water partition coefficient (Wildman–Crippen LogP) is 2.40. The molecule has 0 spiro atoms. The number of aryl methyl sites for hydroxylation is 2. The second-order valence-electron chi connectivity index (χ2n) is 5.76. The molecule has 0 radical (unpaired) electrons. The van der Waals surface area contributed by atoms with Gasteiger partial charge in [0, 0.05) is 12.6 Å². The van der Waals surface area contributed by atoms with Crippen LogP contribution in [0, 0.1) is 13.8 Å². The van der Waals surface area contributed by atoms with Crippen molar-refractivity contribution >= 4 is 0 Å². The summed E-state index contributed by atoms with van der Waals surface area (Å²) in [4.78, 5) is 2.23. The average molecular weight is 264 g/mol. The number of aliphatic hydroxyl groups is 1. The highest BCUT2D eigenvalue weighted by Crippen LogP contribution is 2.18. The first kappa shape index (κ1) is 16.2. The third-order valence-electron chi connectivity index (χ3n) is 3.42. The smallest absolute Gasteiger partial charge is 0.0524 e. The molecular weight excluding hydrogens is 236 g/mol. The van der Waals surface area contributed by atoms with Crippen LogP contribution in [-0.2, 0) is 0 Å². The number of nitrogens with two attached hydrogens (primary N) is 1. The molecule has 0 saturated carbocycles. The van der Waals surface area contributed by atoms with Gasteiger partial charge in [0.1, 0.15) is 0 Å². The highest BCUT2D eigenvalue weighted by molar-refractivity contribution is 5.30. The van der Waals surface area contributed by atoms with Gasteiger partial charge in [0.15, 0.2) is 0 Å². The van der Waals surface area contributed by atoms with Gasteiger partial charge in [0.25, 0.3) is 0 Å². The van der Waals surface area contributed by atoms with Gasteiger partial charge >= 0.3 is 0 Å². The van der Waals surface area contributed by atoms with Crippen molar-refractivity contribution in [3.8, 4) is 0 Å². The van der Waals surface area contributed by atoms with Crippen molar-refractivity contribution in [1.29, 1.82) is 0 Å². The zero-order valence-corrected chi connectivity index (χ0v) is 12.7. The van der Waals surface area contributed by atoms with Gasteiger partial charge in [-0.25, -0.2) is 0 Å². The number of hydrogen-bond donors (Lipinski definition) is 2. The predicted molar refractivity (Wildman–Crippen MR) is 81.3 cm³/mol. The topological polar surface area (TPSA) is 49.5 Å². The van der Waals surface area contributed by atoms with Crippen LogP contribution in [0.15, 0.2) is 18.2 Å². The molecule has 108 valence electrons. The Morgan fingerprint density at radius 2 is 1.63 bits per heavy atom. The van der Waals surface area contributed by atoms with E-state index in [-0.39, 0.29) is 12.1 Å².